The first-order valence-corrected chi connectivity index (χ1v) is 6.84. The maximum Gasteiger partial charge on any atom is 0.0701 e. The van der Waals surface area contributed by atoms with Crippen molar-refractivity contribution in [3.63, 3.8) is 0 Å². The molecule has 0 fully saturated rings. The molecule has 2 aromatic carbocycles. The van der Waals surface area contributed by atoms with Crippen molar-refractivity contribution in [1.82, 2.24) is 4.98 Å². The molecule has 1 aliphatic heterocycles. The van der Waals surface area contributed by atoms with Crippen molar-refractivity contribution in [1.29, 1.82) is 0 Å². The van der Waals surface area contributed by atoms with Crippen molar-refractivity contribution < 1.29 is 0 Å². The highest BCUT2D eigenvalue weighted by atomic mass is 14.7. The number of hydrogen-bond acceptors (Lipinski definition) is 2. The maximum atomic E-state index is 4.27. The van der Waals surface area contributed by atoms with Gasteiger partial charge in [-0.2, -0.15) is 0 Å². The lowest BCUT2D eigenvalue weighted by Gasteiger charge is -2.07. The summed E-state index contributed by atoms with van der Waals surface area (Å²) in [6, 6.07) is 20.4. The van der Waals surface area contributed by atoms with Crippen LogP contribution in [0, 0.1) is 0 Å². The quantitative estimate of drug-likeness (QED) is 0.581. The zero-order valence-corrected chi connectivity index (χ0v) is 11.2. The number of aliphatic imine (C=N–C) groups is 1. The molecule has 0 unspecified atom stereocenters. The van der Waals surface area contributed by atoms with Gasteiger partial charge in [-0.3, -0.25) is 9.98 Å². The van der Waals surface area contributed by atoms with E-state index in [9.17, 15) is 0 Å². The van der Waals surface area contributed by atoms with Gasteiger partial charge in [0.25, 0.3) is 0 Å². The van der Waals surface area contributed by atoms with E-state index in [1.165, 1.54) is 10.9 Å². The van der Waals surface area contributed by atoms with Crippen LogP contribution in [-0.4, -0.2) is 11.2 Å². The first kappa shape index (κ1) is 12.5. The second-order valence-electron chi connectivity index (χ2n) is 4.68. The molecular formula is C18H16N2. The number of aryl methyl sites for hydroxylation is 1. The molecule has 0 amide bonds. The molecule has 0 saturated carbocycles. The van der Waals surface area contributed by atoms with Crippen molar-refractivity contribution in [2.24, 2.45) is 4.99 Å². The zero-order valence-electron chi connectivity index (χ0n) is 11.2. The van der Waals surface area contributed by atoms with Crippen molar-refractivity contribution in [2.75, 3.05) is 0 Å². The summed E-state index contributed by atoms with van der Waals surface area (Å²) in [7, 11) is 0. The zero-order chi connectivity index (χ0) is 13.6. The lowest BCUT2D eigenvalue weighted by molar-refractivity contribution is 1.03. The fourth-order valence-corrected chi connectivity index (χ4v) is 2.25. The van der Waals surface area contributed by atoms with E-state index >= 15 is 0 Å². The number of pyridine rings is 1. The molecule has 4 rings (SSSR count). The lowest BCUT2D eigenvalue weighted by Crippen LogP contribution is -1.91. The van der Waals surface area contributed by atoms with Gasteiger partial charge in [0.15, 0.2) is 0 Å². The Morgan fingerprint density at radius 1 is 0.800 bits per heavy atom. The Bertz CT molecular complexity index is 667. The molecule has 0 saturated heterocycles. The normalized spacial score (nSPS) is 12.4. The first-order valence-electron chi connectivity index (χ1n) is 6.84. The van der Waals surface area contributed by atoms with Crippen LogP contribution in [0.1, 0.15) is 12.0 Å². The van der Waals surface area contributed by atoms with Crippen molar-refractivity contribution in [3.8, 4) is 0 Å². The smallest absolute Gasteiger partial charge is 0.0701 e. The SMILES string of the molecule is C1=Nc2ccccc2CC1.c1ccc2ncccc2c1. The summed E-state index contributed by atoms with van der Waals surface area (Å²) in [6.45, 7) is 0. The van der Waals surface area contributed by atoms with Gasteiger partial charge in [-0.1, -0.05) is 42.5 Å². The number of rotatable bonds is 0. The minimum absolute atomic E-state index is 1.06. The molecule has 0 radical (unpaired) electrons. The molecule has 0 N–H and O–H groups in total. The summed E-state index contributed by atoms with van der Waals surface area (Å²) in [5.41, 5.74) is 3.59. The monoisotopic (exact) mass is 260 g/mol. The molecular weight excluding hydrogens is 244 g/mol. The number of nitrogens with zero attached hydrogens (tertiary/aromatic N) is 2. The Labute approximate surface area is 118 Å². The third kappa shape index (κ3) is 2.91. The molecule has 98 valence electrons. The van der Waals surface area contributed by atoms with E-state index in [0.29, 0.717) is 0 Å². The summed E-state index contributed by atoms with van der Waals surface area (Å²) >= 11 is 0. The summed E-state index contributed by atoms with van der Waals surface area (Å²) in [5.74, 6) is 0. The van der Waals surface area contributed by atoms with Crippen LogP contribution in [0.2, 0.25) is 0 Å². The highest BCUT2D eigenvalue weighted by Gasteiger charge is 2.01. The molecule has 1 aliphatic rings. The number of aromatic nitrogens is 1. The van der Waals surface area contributed by atoms with E-state index in [4.69, 9.17) is 0 Å². The van der Waals surface area contributed by atoms with Crippen molar-refractivity contribution in [3.05, 3.63) is 72.4 Å². The molecule has 2 heterocycles. The largest absolute Gasteiger partial charge is 0.261 e. The van der Waals surface area contributed by atoms with Crippen LogP contribution in [-0.2, 0) is 6.42 Å². The van der Waals surface area contributed by atoms with Crippen molar-refractivity contribution >= 4 is 22.8 Å². The lowest BCUT2D eigenvalue weighted by atomic mass is 10.1. The molecule has 2 nitrogen and oxygen atoms in total. The second-order valence-corrected chi connectivity index (χ2v) is 4.68. The Hall–Kier alpha value is -2.48. The van der Waals surface area contributed by atoms with Gasteiger partial charge in [-0.05, 0) is 36.6 Å². The van der Waals surface area contributed by atoms with Crippen LogP contribution in [0.4, 0.5) is 5.69 Å². The Morgan fingerprint density at radius 3 is 2.50 bits per heavy atom. The third-order valence-corrected chi connectivity index (χ3v) is 3.28. The van der Waals surface area contributed by atoms with Crippen LogP contribution >= 0.6 is 0 Å². The molecule has 0 aliphatic carbocycles. The topological polar surface area (TPSA) is 25.2 Å². The minimum Gasteiger partial charge on any atom is -0.261 e. The predicted molar refractivity (Wildman–Crippen MR) is 84.7 cm³/mol. The summed E-state index contributed by atoms with van der Waals surface area (Å²) in [4.78, 5) is 8.45. The summed E-state index contributed by atoms with van der Waals surface area (Å²) < 4.78 is 0. The van der Waals surface area contributed by atoms with E-state index in [0.717, 1.165) is 24.0 Å². The predicted octanol–water partition coefficient (Wildman–Crippen LogP) is 4.57. The van der Waals surface area contributed by atoms with E-state index in [1.54, 1.807) is 0 Å². The number of benzene rings is 2. The number of para-hydroxylation sites is 2. The van der Waals surface area contributed by atoms with E-state index in [1.807, 2.05) is 42.7 Å². The van der Waals surface area contributed by atoms with Gasteiger partial charge in [0.2, 0.25) is 0 Å². The fraction of sp³-hybridized carbons (Fsp3) is 0.111. The molecule has 1 aromatic heterocycles. The average Bonchev–Trinajstić information content (AvgIpc) is 2.56. The van der Waals surface area contributed by atoms with Gasteiger partial charge in [-0.25, -0.2) is 0 Å². The maximum absolute atomic E-state index is 4.27. The minimum atomic E-state index is 1.06. The number of hydrogen-bond donors (Lipinski definition) is 0. The molecule has 0 atom stereocenters. The second kappa shape index (κ2) is 6.11. The van der Waals surface area contributed by atoms with Gasteiger partial charge in [-0.15, -0.1) is 0 Å². The standard InChI is InChI=1S/C9H9N.C9H7N/c2*1-2-6-9-8(4-1)5-3-7-10-9/h1-2,4,6-7H,3,5H2;1-7H. The van der Waals surface area contributed by atoms with Crippen LogP contribution in [0.5, 0.6) is 0 Å². The molecule has 0 spiro atoms. The van der Waals surface area contributed by atoms with Crippen LogP contribution < -0.4 is 0 Å². The molecule has 0 bridgehead atoms. The van der Waals surface area contributed by atoms with Crippen LogP contribution in [0.15, 0.2) is 71.9 Å². The number of fused-ring (bicyclic) bond motifs is 2. The Morgan fingerprint density at radius 2 is 1.60 bits per heavy atom. The van der Waals surface area contributed by atoms with Gasteiger partial charge >= 0.3 is 0 Å². The Kier molecular flexibility index (Phi) is 3.83. The third-order valence-electron chi connectivity index (χ3n) is 3.28. The van der Waals surface area contributed by atoms with Gasteiger partial charge in [0.1, 0.15) is 0 Å². The van der Waals surface area contributed by atoms with Gasteiger partial charge in [0, 0.05) is 17.8 Å². The molecule has 20 heavy (non-hydrogen) atoms. The highest BCUT2D eigenvalue weighted by molar-refractivity contribution is 5.77. The summed E-state index contributed by atoms with van der Waals surface area (Å²) in [5, 5.41) is 1.20. The Balaban J connectivity index is 0.000000121. The summed E-state index contributed by atoms with van der Waals surface area (Å²) in [6.07, 6.45) is 6.04. The van der Waals surface area contributed by atoms with Crippen LogP contribution in [0.3, 0.4) is 0 Å². The van der Waals surface area contributed by atoms with Crippen LogP contribution in [0.25, 0.3) is 10.9 Å². The molecule has 2 heteroatoms. The van der Waals surface area contributed by atoms with Crippen molar-refractivity contribution in [2.45, 2.75) is 12.8 Å². The average molecular weight is 260 g/mol. The fourth-order valence-electron chi connectivity index (χ4n) is 2.25. The van der Waals surface area contributed by atoms with Gasteiger partial charge < -0.3 is 0 Å². The van der Waals surface area contributed by atoms with E-state index in [-0.39, 0.29) is 0 Å². The molecule has 3 aromatic rings. The van der Waals surface area contributed by atoms with Gasteiger partial charge in [0.05, 0.1) is 11.2 Å². The van der Waals surface area contributed by atoms with E-state index < -0.39 is 0 Å². The first-order chi connectivity index (χ1) is 9.93. The highest BCUT2D eigenvalue weighted by Crippen LogP contribution is 2.22. The van der Waals surface area contributed by atoms with E-state index in [2.05, 4.69) is 40.3 Å².